The van der Waals surface area contributed by atoms with Crippen LogP contribution >= 0.6 is 39.5 Å². The van der Waals surface area contributed by atoms with E-state index in [2.05, 4.69) is 21.2 Å². The number of hydrogen-bond donors (Lipinski definition) is 6. The Balaban J connectivity index is 0.000000189. The maximum absolute atomic E-state index is 11.4. The number of carbonyl (C=O) groups excluding carboxylic acids is 6. The molecule has 5 heterocycles. The Labute approximate surface area is 383 Å². The maximum Gasteiger partial charge on any atom is 0.488 e. The van der Waals surface area contributed by atoms with Crippen LogP contribution in [0.15, 0.2) is 132 Å². The van der Waals surface area contributed by atoms with E-state index < -0.39 is 36.2 Å². The minimum atomic E-state index is -1.55. The fourth-order valence-corrected chi connectivity index (χ4v) is 6.54. The van der Waals surface area contributed by atoms with Gasteiger partial charge in [-0.15, -0.1) is 0 Å². The molecule has 0 atom stereocenters. The molecule has 2 fully saturated rings. The number of carbonyl (C=O) groups is 9. The summed E-state index contributed by atoms with van der Waals surface area (Å²) in [6.07, 6.45) is 2.92. The zero-order chi connectivity index (χ0) is 47.6. The first-order chi connectivity index (χ1) is 31.0. The monoisotopic (exact) mass is 987 g/mol. The summed E-state index contributed by atoms with van der Waals surface area (Å²) in [7, 11) is -1.55. The van der Waals surface area contributed by atoms with E-state index in [1.54, 1.807) is 60.7 Å². The van der Waals surface area contributed by atoms with Crippen molar-refractivity contribution in [2.24, 2.45) is 0 Å². The van der Waals surface area contributed by atoms with Crippen LogP contribution in [0.3, 0.4) is 0 Å². The number of Topliss-reactive ketones (excluding diaryl/α,β-unsaturated/α-hetero) is 1. The van der Waals surface area contributed by atoms with Gasteiger partial charge >= 0.3 is 25.0 Å². The van der Waals surface area contributed by atoms with Crippen molar-refractivity contribution in [2.45, 2.75) is 6.42 Å². The highest BCUT2D eigenvalue weighted by molar-refractivity contribution is 9.10. The van der Waals surface area contributed by atoms with E-state index in [0.29, 0.717) is 51.6 Å². The van der Waals surface area contributed by atoms with Crippen molar-refractivity contribution in [1.82, 2.24) is 5.32 Å². The average Bonchev–Trinajstić information content (AvgIpc) is 4.16. The minimum Gasteiger partial charge on any atom is -0.478 e. The number of amides is 2. The molecule has 2 saturated heterocycles. The first kappa shape index (κ1) is 50.3. The van der Waals surface area contributed by atoms with Crippen molar-refractivity contribution in [3.63, 3.8) is 0 Å². The Hall–Kier alpha value is -7.37. The zero-order valence-corrected chi connectivity index (χ0v) is 36.2. The van der Waals surface area contributed by atoms with Crippen molar-refractivity contribution in [3.05, 3.63) is 153 Å². The third-order valence-corrected chi connectivity index (χ3v) is 10.2. The molecule has 22 heteroatoms. The third-order valence-electron chi connectivity index (χ3n) is 8.02. The maximum atomic E-state index is 11.4. The van der Waals surface area contributed by atoms with E-state index in [1.807, 2.05) is 0 Å². The highest BCUT2D eigenvalue weighted by atomic mass is 79.9. The fraction of sp³-hybridized carbons (Fsp3) is 0.0465. The number of carboxylic acids is 3. The first-order valence-corrected chi connectivity index (χ1v) is 20.7. The largest absolute Gasteiger partial charge is 0.488 e. The molecule has 0 bridgehead atoms. The summed E-state index contributed by atoms with van der Waals surface area (Å²) in [5, 5.41) is 45.2. The summed E-state index contributed by atoms with van der Waals surface area (Å²) in [4.78, 5) is 95.3. The van der Waals surface area contributed by atoms with Crippen molar-refractivity contribution < 1.29 is 81.8 Å². The molecule has 332 valence electrons. The molecule has 65 heavy (non-hydrogen) atoms. The van der Waals surface area contributed by atoms with Gasteiger partial charge in [-0.1, -0.05) is 48.2 Å². The summed E-state index contributed by atoms with van der Waals surface area (Å²) in [5.41, 5.74) is 2.26. The molecule has 0 spiro atoms. The van der Waals surface area contributed by atoms with Gasteiger partial charge in [0.05, 0.1) is 33.8 Å². The Morgan fingerprint density at radius 3 is 1.38 bits per heavy atom. The van der Waals surface area contributed by atoms with Crippen LogP contribution in [0.5, 0.6) is 0 Å². The van der Waals surface area contributed by atoms with E-state index in [-0.39, 0.29) is 50.1 Å². The van der Waals surface area contributed by atoms with E-state index in [4.69, 9.17) is 38.6 Å². The van der Waals surface area contributed by atoms with E-state index in [1.165, 1.54) is 54.6 Å². The molecule has 0 aliphatic carbocycles. The van der Waals surface area contributed by atoms with Crippen LogP contribution in [0.1, 0.15) is 64.4 Å². The molecular formula is C43H31BBrNO17S2. The highest BCUT2D eigenvalue weighted by Gasteiger charge is 2.25. The van der Waals surface area contributed by atoms with Crippen LogP contribution in [-0.2, 0) is 14.4 Å². The first-order valence-electron chi connectivity index (χ1n) is 18.1. The molecule has 2 aliphatic rings. The quantitative estimate of drug-likeness (QED) is 0.0386. The standard InChI is InChI=1S/C15H9NO5S.C12H8O4.C7H7BO4.C5H3BrO2.C4H4O2S/c17-13-12(22-15(20)16-13)7-10-5-6-11(21-10)8-1-3-9(4-2-8)14(18)19;13-7-10-5-6-11(16-10)8-1-3-9(4-2-8)12(14)15;9-7(10)5-1-3-6(4-2-5)8(11)12;6-5-2-1-4(3-7)8-5;5-3-1-4(6)7-2-3/h1-7H,(H,18,19)(H,16,17,20);1-7H,(H,14,15);1-4,11-12H,(H,9,10);1-3H;1-2H2/b12-7-;;;;. The van der Waals surface area contributed by atoms with Crippen LogP contribution in [0.25, 0.3) is 28.7 Å². The number of benzene rings is 3. The van der Waals surface area contributed by atoms with Crippen LogP contribution in [0.4, 0.5) is 4.79 Å². The third kappa shape index (κ3) is 16.0. The fourth-order valence-electron chi connectivity index (χ4n) is 4.87. The average molecular weight is 989 g/mol. The van der Waals surface area contributed by atoms with Gasteiger partial charge in [0, 0.05) is 17.2 Å². The Morgan fingerprint density at radius 2 is 1.06 bits per heavy atom. The number of thioether (sulfide) groups is 2. The summed E-state index contributed by atoms with van der Waals surface area (Å²) >= 11 is 4.98. The second-order valence-corrected chi connectivity index (χ2v) is 15.4. The summed E-state index contributed by atoms with van der Waals surface area (Å²) in [5.74, 6) is -0.872. The lowest BCUT2D eigenvalue weighted by Crippen LogP contribution is -2.29. The van der Waals surface area contributed by atoms with Gasteiger partial charge in [0.2, 0.25) is 0 Å². The lowest BCUT2D eigenvalue weighted by molar-refractivity contribution is -0.120. The SMILES string of the molecule is O=C(O)c1ccc(B(O)O)cc1.O=C1CSC(=O)C1.O=C1NC(=O)/C(=C/c2ccc(-c3ccc(C(=O)O)cc3)o2)S1.O=Cc1ccc(-c2ccc(C(=O)O)cc2)o1.O=Cc1ccc(Br)o1. The van der Waals surface area contributed by atoms with E-state index >= 15 is 0 Å². The number of imide groups is 1. The van der Waals surface area contributed by atoms with Gasteiger partial charge in [0.1, 0.15) is 17.3 Å². The smallest absolute Gasteiger partial charge is 0.478 e. The Bertz CT molecular complexity index is 2710. The highest BCUT2D eigenvalue weighted by Crippen LogP contribution is 2.29. The topological polar surface area (TPSA) is 306 Å². The van der Waals surface area contributed by atoms with Crippen molar-refractivity contribution in [2.75, 3.05) is 5.75 Å². The number of hydrogen-bond acceptors (Lipinski definition) is 16. The Morgan fingerprint density at radius 1 is 0.615 bits per heavy atom. The molecule has 18 nitrogen and oxygen atoms in total. The minimum absolute atomic E-state index is 0.0185. The molecule has 6 aromatic rings. The lowest BCUT2D eigenvalue weighted by atomic mass is 9.80. The predicted octanol–water partition coefficient (Wildman–Crippen LogP) is 6.56. The number of halogens is 1. The van der Waals surface area contributed by atoms with Gasteiger partial charge in [-0.05, 0) is 106 Å². The zero-order valence-electron chi connectivity index (χ0n) is 32.9. The van der Waals surface area contributed by atoms with Crippen LogP contribution in [-0.4, -0.2) is 90.8 Å². The van der Waals surface area contributed by atoms with Crippen molar-refractivity contribution >= 4 is 111 Å². The molecule has 2 amide bonds. The summed E-state index contributed by atoms with van der Waals surface area (Å²) in [6.45, 7) is 0. The molecule has 3 aromatic carbocycles. The van der Waals surface area contributed by atoms with Crippen LogP contribution < -0.4 is 10.8 Å². The van der Waals surface area contributed by atoms with E-state index in [0.717, 1.165) is 29.1 Å². The molecular weight excluding hydrogens is 957 g/mol. The molecule has 0 radical (unpaired) electrons. The molecule has 6 N–H and O–H groups in total. The van der Waals surface area contributed by atoms with Crippen LogP contribution in [0, 0.1) is 0 Å². The second kappa shape index (κ2) is 24.5. The number of aldehydes is 2. The molecule has 0 unspecified atom stereocenters. The number of carboxylic acid groups (broad SMARTS) is 3. The molecule has 3 aromatic heterocycles. The number of aromatic carboxylic acids is 3. The van der Waals surface area contributed by atoms with Gasteiger partial charge in [0.25, 0.3) is 11.1 Å². The number of furan rings is 3. The number of ketones is 1. The summed E-state index contributed by atoms with van der Waals surface area (Å²) in [6, 6.07) is 27.7. The van der Waals surface area contributed by atoms with Gasteiger partial charge in [-0.2, -0.15) is 0 Å². The van der Waals surface area contributed by atoms with Crippen molar-refractivity contribution in [1.29, 1.82) is 0 Å². The summed E-state index contributed by atoms with van der Waals surface area (Å²) < 4.78 is 16.2. The Kier molecular flexibility index (Phi) is 18.9. The van der Waals surface area contributed by atoms with Gasteiger partial charge < -0.3 is 38.6 Å². The van der Waals surface area contributed by atoms with Gasteiger partial charge in [0.15, 0.2) is 39.7 Å². The number of nitrogens with one attached hydrogen (secondary N) is 1. The predicted molar refractivity (Wildman–Crippen MR) is 239 cm³/mol. The van der Waals surface area contributed by atoms with Crippen molar-refractivity contribution in [3.8, 4) is 22.6 Å². The van der Waals surface area contributed by atoms with Gasteiger partial charge in [-0.3, -0.25) is 34.1 Å². The number of rotatable bonds is 9. The molecule has 8 rings (SSSR count). The molecule has 2 aliphatic heterocycles. The van der Waals surface area contributed by atoms with Crippen LogP contribution in [0.2, 0.25) is 0 Å². The lowest BCUT2D eigenvalue weighted by Gasteiger charge is -1.98. The molecule has 0 saturated carbocycles. The second-order valence-electron chi connectivity index (χ2n) is 12.6. The van der Waals surface area contributed by atoms with Gasteiger partial charge in [-0.25, -0.2) is 14.4 Å². The van der Waals surface area contributed by atoms with E-state index in [9.17, 15) is 43.2 Å². The normalized spacial score (nSPS) is 13.1.